The molecule has 0 saturated heterocycles. The Morgan fingerprint density at radius 3 is 2.44 bits per heavy atom. The van der Waals surface area contributed by atoms with Gasteiger partial charge >= 0.3 is 6.18 Å². The van der Waals surface area contributed by atoms with E-state index in [1.165, 1.54) is 6.07 Å². The average Bonchev–Trinajstić information content (AvgIpc) is 2.17. The molecule has 0 radical (unpaired) electrons. The third kappa shape index (κ3) is 3.81. The van der Waals surface area contributed by atoms with Gasteiger partial charge in [0.05, 0.1) is 6.54 Å². The quantitative estimate of drug-likeness (QED) is 0.792. The fourth-order valence-corrected chi connectivity index (χ4v) is 1.27. The SMILES string of the molecule is Cc1ccc(C(C)NCC(F)(F)F)cc1F. The topological polar surface area (TPSA) is 12.0 Å². The number of hydrogen-bond acceptors (Lipinski definition) is 1. The first-order valence-corrected chi connectivity index (χ1v) is 4.86. The second kappa shape index (κ2) is 4.82. The second-order valence-corrected chi connectivity index (χ2v) is 3.73. The Labute approximate surface area is 91.5 Å². The number of aryl methyl sites for hydroxylation is 1. The van der Waals surface area contributed by atoms with E-state index in [0.29, 0.717) is 11.1 Å². The molecule has 0 aliphatic rings. The first-order chi connectivity index (χ1) is 7.29. The summed E-state index contributed by atoms with van der Waals surface area (Å²) >= 11 is 0. The molecule has 1 nitrogen and oxygen atoms in total. The first kappa shape index (κ1) is 13.0. The summed E-state index contributed by atoms with van der Waals surface area (Å²) in [7, 11) is 0. The Bertz CT molecular complexity index is 359. The number of rotatable bonds is 3. The van der Waals surface area contributed by atoms with E-state index in [1.807, 2.05) is 0 Å². The van der Waals surface area contributed by atoms with Crippen molar-refractivity contribution in [3.05, 3.63) is 35.1 Å². The first-order valence-electron chi connectivity index (χ1n) is 4.86. The predicted molar refractivity (Wildman–Crippen MR) is 53.6 cm³/mol. The molecule has 1 unspecified atom stereocenters. The van der Waals surface area contributed by atoms with Crippen LogP contribution in [-0.2, 0) is 0 Å². The molecule has 0 bridgehead atoms. The molecule has 0 heterocycles. The Balaban J connectivity index is 2.66. The minimum Gasteiger partial charge on any atom is -0.302 e. The monoisotopic (exact) mass is 235 g/mol. The highest BCUT2D eigenvalue weighted by Gasteiger charge is 2.27. The summed E-state index contributed by atoms with van der Waals surface area (Å²) in [5.74, 6) is -0.404. The molecule has 16 heavy (non-hydrogen) atoms. The van der Waals surface area contributed by atoms with E-state index in [0.717, 1.165) is 0 Å². The van der Waals surface area contributed by atoms with Gasteiger partial charge in [-0.2, -0.15) is 13.2 Å². The third-order valence-electron chi connectivity index (χ3n) is 2.30. The van der Waals surface area contributed by atoms with Gasteiger partial charge in [-0.05, 0) is 31.0 Å². The van der Waals surface area contributed by atoms with Crippen LogP contribution in [0, 0.1) is 12.7 Å². The van der Waals surface area contributed by atoms with E-state index in [2.05, 4.69) is 5.32 Å². The molecule has 0 saturated carbocycles. The molecular weight excluding hydrogens is 222 g/mol. The van der Waals surface area contributed by atoms with Gasteiger partial charge < -0.3 is 5.32 Å². The summed E-state index contributed by atoms with van der Waals surface area (Å²) in [6, 6.07) is 3.89. The predicted octanol–water partition coefficient (Wildman–Crippen LogP) is 3.35. The summed E-state index contributed by atoms with van der Waals surface area (Å²) < 4.78 is 49.0. The Kier molecular flexibility index (Phi) is 3.91. The highest BCUT2D eigenvalue weighted by Crippen LogP contribution is 2.19. The van der Waals surface area contributed by atoms with E-state index in [-0.39, 0.29) is 0 Å². The molecule has 0 amide bonds. The standard InChI is InChI=1S/C11H13F4N/c1-7-3-4-9(5-10(7)12)8(2)16-6-11(13,14)15/h3-5,8,16H,6H2,1-2H3. The third-order valence-corrected chi connectivity index (χ3v) is 2.30. The van der Waals surface area contributed by atoms with Gasteiger partial charge in [0.2, 0.25) is 0 Å². The summed E-state index contributed by atoms with van der Waals surface area (Å²) in [4.78, 5) is 0. The zero-order valence-corrected chi connectivity index (χ0v) is 9.03. The fourth-order valence-electron chi connectivity index (χ4n) is 1.27. The van der Waals surface area contributed by atoms with Crippen molar-refractivity contribution in [2.24, 2.45) is 0 Å². The number of alkyl halides is 3. The van der Waals surface area contributed by atoms with E-state index in [9.17, 15) is 17.6 Å². The fraction of sp³-hybridized carbons (Fsp3) is 0.455. The van der Waals surface area contributed by atoms with Crippen molar-refractivity contribution in [1.29, 1.82) is 0 Å². The molecule has 5 heteroatoms. The molecule has 1 N–H and O–H groups in total. The van der Waals surface area contributed by atoms with Gasteiger partial charge in [-0.1, -0.05) is 12.1 Å². The number of halogens is 4. The van der Waals surface area contributed by atoms with Crippen molar-refractivity contribution < 1.29 is 17.6 Å². The lowest BCUT2D eigenvalue weighted by atomic mass is 10.1. The Morgan fingerprint density at radius 1 is 1.31 bits per heavy atom. The summed E-state index contributed by atoms with van der Waals surface area (Å²) in [5, 5.41) is 2.29. The molecule has 0 spiro atoms. The smallest absolute Gasteiger partial charge is 0.302 e. The number of hydrogen-bond donors (Lipinski definition) is 1. The normalized spacial score (nSPS) is 13.9. The number of nitrogens with one attached hydrogen (secondary N) is 1. The minimum absolute atomic E-state index is 0.404. The van der Waals surface area contributed by atoms with Crippen molar-refractivity contribution in [2.45, 2.75) is 26.1 Å². The van der Waals surface area contributed by atoms with Crippen molar-refractivity contribution in [3.8, 4) is 0 Å². The van der Waals surface area contributed by atoms with Crippen molar-refractivity contribution in [3.63, 3.8) is 0 Å². The molecule has 0 aliphatic heterocycles. The zero-order chi connectivity index (χ0) is 12.3. The molecule has 0 aliphatic carbocycles. The minimum atomic E-state index is -4.25. The molecular formula is C11H13F4N. The van der Waals surface area contributed by atoms with E-state index >= 15 is 0 Å². The van der Waals surface area contributed by atoms with Gasteiger partial charge in [0.15, 0.2) is 0 Å². The summed E-state index contributed by atoms with van der Waals surface area (Å²) in [6.07, 6.45) is -4.25. The van der Waals surface area contributed by atoms with Crippen LogP contribution in [0.25, 0.3) is 0 Å². The number of benzene rings is 1. The van der Waals surface area contributed by atoms with Crippen LogP contribution < -0.4 is 5.32 Å². The maximum absolute atomic E-state index is 13.2. The summed E-state index contributed by atoms with van der Waals surface area (Å²) in [5.41, 5.74) is 0.985. The van der Waals surface area contributed by atoms with Crippen LogP contribution in [0.15, 0.2) is 18.2 Å². The molecule has 1 aromatic carbocycles. The lowest BCUT2D eigenvalue weighted by Gasteiger charge is -2.16. The molecule has 1 rings (SSSR count). The molecule has 0 fully saturated rings. The van der Waals surface area contributed by atoms with Gasteiger partial charge in [0.1, 0.15) is 5.82 Å². The lowest BCUT2D eigenvalue weighted by molar-refractivity contribution is -0.126. The lowest BCUT2D eigenvalue weighted by Crippen LogP contribution is -2.30. The van der Waals surface area contributed by atoms with E-state index in [1.54, 1.807) is 26.0 Å². The molecule has 0 aromatic heterocycles. The molecule has 90 valence electrons. The van der Waals surface area contributed by atoms with Crippen LogP contribution in [-0.4, -0.2) is 12.7 Å². The van der Waals surface area contributed by atoms with Gasteiger partial charge in [-0.3, -0.25) is 0 Å². The van der Waals surface area contributed by atoms with Crippen molar-refractivity contribution in [2.75, 3.05) is 6.54 Å². The zero-order valence-electron chi connectivity index (χ0n) is 9.03. The maximum Gasteiger partial charge on any atom is 0.401 e. The van der Waals surface area contributed by atoms with Gasteiger partial charge in [0, 0.05) is 6.04 Å². The van der Waals surface area contributed by atoms with Crippen LogP contribution in [0.4, 0.5) is 17.6 Å². The summed E-state index contributed by atoms with van der Waals surface area (Å²) in [6.45, 7) is 2.09. The molecule has 1 aromatic rings. The van der Waals surface area contributed by atoms with Crippen LogP contribution in [0.1, 0.15) is 24.1 Å². The van der Waals surface area contributed by atoms with Gasteiger partial charge in [-0.25, -0.2) is 4.39 Å². The van der Waals surface area contributed by atoms with E-state index in [4.69, 9.17) is 0 Å². The Hall–Kier alpha value is -1.10. The van der Waals surface area contributed by atoms with Crippen LogP contribution >= 0.6 is 0 Å². The van der Waals surface area contributed by atoms with E-state index < -0.39 is 24.6 Å². The highest BCUT2D eigenvalue weighted by atomic mass is 19.4. The largest absolute Gasteiger partial charge is 0.401 e. The van der Waals surface area contributed by atoms with Crippen molar-refractivity contribution >= 4 is 0 Å². The van der Waals surface area contributed by atoms with Crippen LogP contribution in [0.3, 0.4) is 0 Å². The maximum atomic E-state index is 13.2. The average molecular weight is 235 g/mol. The van der Waals surface area contributed by atoms with Crippen LogP contribution in [0.5, 0.6) is 0 Å². The molecule has 1 atom stereocenters. The van der Waals surface area contributed by atoms with Crippen molar-refractivity contribution in [1.82, 2.24) is 5.32 Å². The highest BCUT2D eigenvalue weighted by molar-refractivity contribution is 5.25. The van der Waals surface area contributed by atoms with Gasteiger partial charge in [0.25, 0.3) is 0 Å². The van der Waals surface area contributed by atoms with Crippen LogP contribution in [0.2, 0.25) is 0 Å². The van der Waals surface area contributed by atoms with Gasteiger partial charge in [-0.15, -0.1) is 0 Å². The Morgan fingerprint density at radius 2 is 1.94 bits per heavy atom. The second-order valence-electron chi connectivity index (χ2n) is 3.73.